The number of hydrogen-bond donors (Lipinski definition) is 2. The van der Waals surface area contributed by atoms with Crippen molar-refractivity contribution >= 4 is 27.5 Å². The second-order valence-corrected chi connectivity index (χ2v) is 17.0. The van der Waals surface area contributed by atoms with Crippen LogP contribution in [0.15, 0.2) is 73.3 Å². The standard InChI is InChI=1S/C38H39F3N6O5S/c39-38(40,41)31-12-28(13-33(15-31)47-22-30(20-43-47)29-14-34(48)21-42-19-29)36(50)46-7-5-45(6-8-46)32-3-1-27(2-4-32)35(49)44-53(51,52)23-37-16-24-9-25(17-37)11-26(10-24)18-37/h1-4,12-15,19-22,24-26,48H,5-11,16-18,23H2,(H,44,49). The van der Waals surface area contributed by atoms with Gasteiger partial charge in [0.2, 0.25) is 10.0 Å². The summed E-state index contributed by atoms with van der Waals surface area (Å²) in [6.07, 6.45) is 7.36. The third kappa shape index (κ3) is 7.35. The number of pyridine rings is 1. The molecule has 0 atom stereocenters. The van der Waals surface area contributed by atoms with Crippen LogP contribution in [0.2, 0.25) is 0 Å². The first kappa shape index (κ1) is 35.1. The number of carbonyl (C=O) groups excluding carboxylic acids is 2. The van der Waals surface area contributed by atoms with Gasteiger partial charge in [0.25, 0.3) is 11.8 Å². The molecule has 53 heavy (non-hydrogen) atoms. The number of rotatable bonds is 8. The molecule has 1 saturated heterocycles. The SMILES string of the molecule is O=C(NS(=O)(=O)CC12CC3CC(CC(C3)C1)C2)c1ccc(N2CCN(C(=O)c3cc(-n4cc(-c5cncc(O)c5)cn4)cc(C(F)(F)F)c3)CC2)cc1. The molecular formula is C38H39F3N6O5S. The van der Waals surface area contributed by atoms with E-state index >= 15 is 0 Å². The minimum absolute atomic E-state index is 0.0133. The number of sulfonamides is 1. The van der Waals surface area contributed by atoms with Crippen LogP contribution in [0, 0.1) is 23.2 Å². The van der Waals surface area contributed by atoms with Crippen molar-refractivity contribution in [2.45, 2.75) is 44.7 Å². The summed E-state index contributed by atoms with van der Waals surface area (Å²) in [6, 6.07) is 11.2. The Kier molecular flexibility index (Phi) is 8.74. The molecular weight excluding hydrogens is 710 g/mol. The molecule has 4 aromatic rings. The van der Waals surface area contributed by atoms with Crippen molar-refractivity contribution < 1.29 is 36.3 Å². The Bertz CT molecular complexity index is 2130. The monoisotopic (exact) mass is 748 g/mol. The number of nitrogens with zero attached hydrogens (tertiary/aromatic N) is 5. The van der Waals surface area contributed by atoms with E-state index in [0.29, 0.717) is 42.0 Å². The van der Waals surface area contributed by atoms with Crippen LogP contribution >= 0.6 is 0 Å². The highest BCUT2D eigenvalue weighted by atomic mass is 32.2. The number of alkyl halides is 3. The highest BCUT2D eigenvalue weighted by Gasteiger charge is 2.52. The molecule has 5 fully saturated rings. The zero-order chi connectivity index (χ0) is 37.1. The topological polar surface area (TPSA) is 138 Å². The van der Waals surface area contributed by atoms with Gasteiger partial charge in [-0.3, -0.25) is 14.6 Å². The van der Waals surface area contributed by atoms with Crippen molar-refractivity contribution in [1.29, 1.82) is 0 Å². The van der Waals surface area contributed by atoms with Crippen LogP contribution in [-0.4, -0.2) is 76.9 Å². The van der Waals surface area contributed by atoms with Crippen molar-refractivity contribution in [3.8, 4) is 22.6 Å². The van der Waals surface area contributed by atoms with Crippen molar-refractivity contribution in [1.82, 2.24) is 24.4 Å². The average Bonchev–Trinajstić information content (AvgIpc) is 3.60. The molecule has 2 aromatic carbocycles. The first-order chi connectivity index (χ1) is 25.2. The third-order valence-electron chi connectivity index (χ3n) is 11.4. The smallest absolute Gasteiger partial charge is 0.416 e. The third-order valence-corrected chi connectivity index (χ3v) is 12.9. The summed E-state index contributed by atoms with van der Waals surface area (Å²) in [5.41, 5.74) is 0.722. The molecule has 0 radical (unpaired) electrons. The number of hydrogen-bond acceptors (Lipinski definition) is 8. The first-order valence-corrected chi connectivity index (χ1v) is 19.5. The Morgan fingerprint density at radius 3 is 2.11 bits per heavy atom. The van der Waals surface area contributed by atoms with E-state index in [4.69, 9.17) is 0 Å². The molecule has 2 aromatic heterocycles. The number of piperazine rings is 1. The summed E-state index contributed by atoms with van der Waals surface area (Å²) in [7, 11) is -3.83. The van der Waals surface area contributed by atoms with Gasteiger partial charge in [0.15, 0.2) is 0 Å². The van der Waals surface area contributed by atoms with Crippen LogP contribution in [0.1, 0.15) is 64.8 Å². The number of amides is 2. The van der Waals surface area contributed by atoms with Crippen molar-refractivity contribution in [2.24, 2.45) is 23.2 Å². The Morgan fingerprint density at radius 1 is 0.830 bits per heavy atom. The summed E-state index contributed by atoms with van der Waals surface area (Å²) >= 11 is 0. The van der Waals surface area contributed by atoms with E-state index in [-0.39, 0.29) is 46.8 Å². The Hall–Kier alpha value is -4.92. The highest BCUT2D eigenvalue weighted by Crippen LogP contribution is 2.60. The van der Waals surface area contributed by atoms with Crippen LogP contribution < -0.4 is 9.62 Å². The van der Waals surface area contributed by atoms with Crippen LogP contribution in [0.4, 0.5) is 18.9 Å². The average molecular weight is 749 g/mol. The van der Waals surface area contributed by atoms with E-state index in [2.05, 4.69) is 14.8 Å². The fraction of sp³-hybridized carbons (Fsp3) is 0.421. The van der Waals surface area contributed by atoms with Gasteiger partial charge in [0.1, 0.15) is 5.75 Å². The van der Waals surface area contributed by atoms with Gasteiger partial charge in [0.05, 0.1) is 29.4 Å². The maximum Gasteiger partial charge on any atom is 0.416 e. The Labute approximate surface area is 304 Å². The lowest BCUT2D eigenvalue weighted by Gasteiger charge is -2.56. The van der Waals surface area contributed by atoms with E-state index in [1.54, 1.807) is 24.3 Å². The number of aromatic hydroxyl groups is 1. The molecule has 4 saturated carbocycles. The second-order valence-electron chi connectivity index (χ2n) is 15.3. The highest BCUT2D eigenvalue weighted by molar-refractivity contribution is 7.90. The predicted molar refractivity (Wildman–Crippen MR) is 190 cm³/mol. The molecule has 4 aliphatic carbocycles. The molecule has 2 amide bonds. The normalized spacial score (nSPS) is 24.0. The fourth-order valence-electron chi connectivity index (χ4n) is 9.51. The zero-order valence-corrected chi connectivity index (χ0v) is 29.6. The number of aromatic nitrogens is 3. The molecule has 9 rings (SSSR count). The maximum atomic E-state index is 14.0. The van der Waals surface area contributed by atoms with Gasteiger partial charge < -0.3 is 14.9 Å². The van der Waals surface area contributed by atoms with Gasteiger partial charge in [-0.1, -0.05) is 0 Å². The number of benzene rings is 2. The molecule has 0 unspecified atom stereocenters. The van der Waals surface area contributed by atoms with Gasteiger partial charge in [-0.05, 0) is 110 Å². The first-order valence-electron chi connectivity index (χ1n) is 17.8. The van der Waals surface area contributed by atoms with Crippen LogP contribution in [-0.2, 0) is 16.2 Å². The van der Waals surface area contributed by atoms with Crippen molar-refractivity contribution in [3.63, 3.8) is 0 Å². The van der Waals surface area contributed by atoms with Crippen molar-refractivity contribution in [3.05, 3.63) is 90.0 Å². The minimum atomic E-state index is -4.71. The van der Waals surface area contributed by atoms with E-state index in [9.17, 15) is 36.3 Å². The van der Waals surface area contributed by atoms with Gasteiger partial charge in [-0.15, -0.1) is 0 Å². The molecule has 3 heterocycles. The Balaban J connectivity index is 0.904. The van der Waals surface area contributed by atoms with E-state index in [1.807, 2.05) is 4.90 Å². The number of nitrogens with one attached hydrogen (secondary N) is 1. The predicted octanol–water partition coefficient (Wildman–Crippen LogP) is 5.90. The summed E-state index contributed by atoms with van der Waals surface area (Å²) in [4.78, 5) is 34.0. The van der Waals surface area contributed by atoms with Gasteiger partial charge in [-0.2, -0.15) is 18.3 Å². The Morgan fingerprint density at radius 2 is 1.49 bits per heavy atom. The van der Waals surface area contributed by atoms with E-state index < -0.39 is 33.6 Å². The molecule has 11 nitrogen and oxygen atoms in total. The zero-order valence-electron chi connectivity index (χ0n) is 28.8. The summed E-state index contributed by atoms with van der Waals surface area (Å²) < 4.78 is 71.9. The minimum Gasteiger partial charge on any atom is -0.506 e. The lowest BCUT2D eigenvalue weighted by atomic mass is 9.50. The lowest BCUT2D eigenvalue weighted by Crippen LogP contribution is -2.51. The largest absolute Gasteiger partial charge is 0.506 e. The molecule has 1 aliphatic heterocycles. The maximum absolute atomic E-state index is 14.0. The summed E-state index contributed by atoms with van der Waals surface area (Å²) in [5, 5.41) is 14.0. The van der Waals surface area contributed by atoms with Crippen LogP contribution in [0.3, 0.4) is 0 Å². The van der Waals surface area contributed by atoms with Gasteiger partial charge >= 0.3 is 6.18 Å². The van der Waals surface area contributed by atoms with Gasteiger partial charge in [0, 0.05) is 66.5 Å². The van der Waals surface area contributed by atoms with Gasteiger partial charge in [-0.25, -0.2) is 17.8 Å². The number of halogens is 3. The van der Waals surface area contributed by atoms with Crippen LogP contribution in [0.25, 0.3) is 16.8 Å². The number of carbonyl (C=O) groups is 2. The molecule has 278 valence electrons. The fourth-order valence-corrected chi connectivity index (χ4v) is 11.1. The summed E-state index contributed by atoms with van der Waals surface area (Å²) in [5.74, 6) is 0.504. The molecule has 0 spiro atoms. The second kappa shape index (κ2) is 13.2. The molecule has 4 bridgehead atoms. The van der Waals surface area contributed by atoms with E-state index in [0.717, 1.165) is 37.1 Å². The lowest BCUT2D eigenvalue weighted by molar-refractivity contribution is -0.137. The molecule has 5 aliphatic rings. The summed E-state index contributed by atoms with van der Waals surface area (Å²) in [6.45, 7) is 1.27. The molecule has 2 N–H and O–H groups in total. The number of anilines is 1. The quantitative estimate of drug-likeness (QED) is 0.228. The van der Waals surface area contributed by atoms with Crippen molar-refractivity contribution in [2.75, 3.05) is 36.8 Å². The van der Waals surface area contributed by atoms with Crippen LogP contribution in [0.5, 0.6) is 5.75 Å². The molecule has 15 heteroatoms. The van der Waals surface area contributed by atoms with E-state index in [1.165, 1.54) is 65.8 Å².